The first-order chi connectivity index (χ1) is 8.43. The zero-order valence-corrected chi connectivity index (χ0v) is 11.1. The lowest BCUT2D eigenvalue weighted by molar-refractivity contribution is 0.442. The van der Waals surface area contributed by atoms with Crippen LogP contribution in [0.5, 0.6) is 0 Å². The molecule has 2 fully saturated rings. The van der Waals surface area contributed by atoms with E-state index in [-0.39, 0.29) is 0 Å². The molecule has 1 aliphatic carbocycles. The van der Waals surface area contributed by atoms with E-state index in [1.54, 1.807) is 0 Å². The van der Waals surface area contributed by atoms with Gasteiger partial charge in [-0.05, 0) is 12.8 Å². The number of aromatic nitrogens is 1. The van der Waals surface area contributed by atoms with Gasteiger partial charge in [0.15, 0.2) is 0 Å². The van der Waals surface area contributed by atoms with Crippen molar-refractivity contribution in [2.45, 2.75) is 38.0 Å². The van der Waals surface area contributed by atoms with Crippen LogP contribution in [0.15, 0.2) is 5.38 Å². The third-order valence-corrected chi connectivity index (χ3v) is 4.90. The van der Waals surface area contributed by atoms with E-state index in [0.29, 0.717) is 0 Å². The molecule has 0 atom stereocenters. The van der Waals surface area contributed by atoms with Gasteiger partial charge in [0.25, 0.3) is 0 Å². The van der Waals surface area contributed by atoms with Crippen LogP contribution in [0.4, 0.5) is 5.82 Å². The highest BCUT2D eigenvalue weighted by molar-refractivity contribution is 7.10. The van der Waals surface area contributed by atoms with Crippen molar-refractivity contribution in [2.75, 3.05) is 31.1 Å². The van der Waals surface area contributed by atoms with Gasteiger partial charge in [0.05, 0.1) is 5.01 Å². The van der Waals surface area contributed by atoms with Crippen molar-refractivity contribution < 1.29 is 0 Å². The summed E-state index contributed by atoms with van der Waals surface area (Å²) in [6.07, 6.45) is 6.93. The van der Waals surface area contributed by atoms with Gasteiger partial charge >= 0.3 is 0 Å². The van der Waals surface area contributed by atoms with Crippen LogP contribution in [-0.4, -0.2) is 31.2 Å². The van der Waals surface area contributed by atoms with Crippen molar-refractivity contribution in [1.82, 2.24) is 10.3 Å². The first kappa shape index (κ1) is 11.5. The molecule has 94 valence electrons. The summed E-state index contributed by atoms with van der Waals surface area (Å²) in [7, 11) is 0. The molecular weight excluding hydrogens is 230 g/mol. The van der Waals surface area contributed by atoms with E-state index in [0.717, 1.165) is 32.1 Å². The number of nitrogens with one attached hydrogen (secondary N) is 1. The van der Waals surface area contributed by atoms with E-state index in [1.807, 2.05) is 11.3 Å². The predicted molar refractivity (Wildman–Crippen MR) is 73.0 cm³/mol. The topological polar surface area (TPSA) is 28.2 Å². The van der Waals surface area contributed by atoms with E-state index >= 15 is 0 Å². The fourth-order valence-electron chi connectivity index (χ4n) is 2.85. The highest BCUT2D eigenvalue weighted by Crippen LogP contribution is 2.35. The summed E-state index contributed by atoms with van der Waals surface area (Å²) >= 11 is 1.88. The first-order valence-electron chi connectivity index (χ1n) is 6.84. The largest absolute Gasteiger partial charge is 0.353 e. The van der Waals surface area contributed by atoms with Gasteiger partial charge in [0.1, 0.15) is 5.82 Å². The highest BCUT2D eigenvalue weighted by Gasteiger charge is 2.20. The Morgan fingerprint density at radius 1 is 1.18 bits per heavy atom. The third-order valence-electron chi connectivity index (χ3n) is 3.91. The Labute approximate surface area is 107 Å². The van der Waals surface area contributed by atoms with Gasteiger partial charge in [-0.15, -0.1) is 11.3 Å². The number of rotatable bonds is 2. The zero-order chi connectivity index (χ0) is 11.5. The standard InChI is InChI=1S/C13H21N3S/c1-2-4-11(5-3-1)13-15-12(10-17-13)16-8-6-14-7-9-16/h10-11,14H,1-9H2. The SMILES string of the molecule is c1sc(C2CCCCC2)nc1N1CCNCC1. The minimum absolute atomic E-state index is 0.755. The van der Waals surface area contributed by atoms with Gasteiger partial charge in [0, 0.05) is 37.5 Å². The van der Waals surface area contributed by atoms with Crippen LogP contribution in [-0.2, 0) is 0 Å². The monoisotopic (exact) mass is 251 g/mol. The smallest absolute Gasteiger partial charge is 0.139 e. The van der Waals surface area contributed by atoms with Crippen LogP contribution < -0.4 is 10.2 Å². The van der Waals surface area contributed by atoms with Crippen LogP contribution in [0.2, 0.25) is 0 Å². The molecule has 17 heavy (non-hydrogen) atoms. The lowest BCUT2D eigenvalue weighted by atomic mass is 9.90. The summed E-state index contributed by atoms with van der Waals surface area (Å²) in [6, 6.07) is 0. The molecule has 3 nitrogen and oxygen atoms in total. The second-order valence-corrected chi connectivity index (χ2v) is 6.01. The van der Waals surface area contributed by atoms with Crippen molar-refractivity contribution in [3.8, 4) is 0 Å². The molecule has 4 heteroatoms. The molecule has 1 aromatic rings. The average Bonchev–Trinajstić information content (AvgIpc) is 2.90. The van der Waals surface area contributed by atoms with Crippen molar-refractivity contribution in [1.29, 1.82) is 0 Å². The van der Waals surface area contributed by atoms with Gasteiger partial charge in [-0.1, -0.05) is 19.3 Å². The number of nitrogens with zero attached hydrogens (tertiary/aromatic N) is 2. The molecule has 0 spiro atoms. The molecule has 1 saturated heterocycles. The van der Waals surface area contributed by atoms with Gasteiger partial charge in [0.2, 0.25) is 0 Å². The summed E-state index contributed by atoms with van der Waals surface area (Å²) < 4.78 is 0. The molecule has 3 rings (SSSR count). The van der Waals surface area contributed by atoms with Crippen LogP contribution in [0.3, 0.4) is 0 Å². The normalized spacial score (nSPS) is 22.9. The summed E-state index contributed by atoms with van der Waals surface area (Å²) in [4.78, 5) is 7.29. The summed E-state index contributed by atoms with van der Waals surface area (Å²) in [5.41, 5.74) is 0. The van der Waals surface area contributed by atoms with E-state index in [4.69, 9.17) is 4.98 Å². The maximum absolute atomic E-state index is 4.87. The van der Waals surface area contributed by atoms with Crippen LogP contribution in [0.1, 0.15) is 43.0 Å². The molecule has 1 N–H and O–H groups in total. The Morgan fingerprint density at radius 2 is 1.94 bits per heavy atom. The molecule has 2 aliphatic rings. The Bertz CT molecular complexity index is 319. The van der Waals surface area contributed by atoms with Crippen LogP contribution >= 0.6 is 11.3 Å². The van der Waals surface area contributed by atoms with Gasteiger partial charge in [-0.25, -0.2) is 4.98 Å². The summed E-state index contributed by atoms with van der Waals surface area (Å²) in [5, 5.41) is 7.04. The molecule has 2 heterocycles. The highest BCUT2D eigenvalue weighted by atomic mass is 32.1. The molecule has 0 aromatic carbocycles. The second kappa shape index (κ2) is 5.36. The van der Waals surface area contributed by atoms with E-state index in [1.165, 1.54) is 42.9 Å². The van der Waals surface area contributed by atoms with Crippen molar-refractivity contribution in [2.24, 2.45) is 0 Å². The molecule has 0 unspecified atom stereocenters. The number of thiazole rings is 1. The summed E-state index contributed by atoms with van der Waals surface area (Å²) in [6.45, 7) is 4.40. The van der Waals surface area contributed by atoms with Crippen LogP contribution in [0, 0.1) is 0 Å². The molecule has 0 radical (unpaired) electrons. The predicted octanol–water partition coefficient (Wildman–Crippen LogP) is 2.60. The van der Waals surface area contributed by atoms with E-state index in [2.05, 4.69) is 15.6 Å². The zero-order valence-electron chi connectivity index (χ0n) is 10.3. The molecule has 1 aromatic heterocycles. The average molecular weight is 251 g/mol. The number of piperazine rings is 1. The quantitative estimate of drug-likeness (QED) is 0.875. The minimum Gasteiger partial charge on any atom is -0.353 e. The van der Waals surface area contributed by atoms with E-state index < -0.39 is 0 Å². The number of hydrogen-bond donors (Lipinski definition) is 1. The lowest BCUT2D eigenvalue weighted by Gasteiger charge is -2.27. The number of anilines is 1. The Balaban J connectivity index is 1.68. The molecule has 0 bridgehead atoms. The Kier molecular flexibility index (Phi) is 3.62. The minimum atomic E-state index is 0.755. The third kappa shape index (κ3) is 2.63. The molecular formula is C13H21N3S. The molecule has 0 amide bonds. The fraction of sp³-hybridized carbons (Fsp3) is 0.769. The van der Waals surface area contributed by atoms with Gasteiger partial charge in [-0.3, -0.25) is 0 Å². The molecule has 1 aliphatic heterocycles. The van der Waals surface area contributed by atoms with Crippen molar-refractivity contribution in [3.05, 3.63) is 10.4 Å². The Morgan fingerprint density at radius 3 is 2.71 bits per heavy atom. The Hall–Kier alpha value is -0.610. The lowest BCUT2D eigenvalue weighted by Crippen LogP contribution is -2.43. The van der Waals surface area contributed by atoms with E-state index in [9.17, 15) is 0 Å². The fourth-order valence-corrected chi connectivity index (χ4v) is 3.86. The first-order valence-corrected chi connectivity index (χ1v) is 7.72. The number of hydrogen-bond acceptors (Lipinski definition) is 4. The molecule has 1 saturated carbocycles. The van der Waals surface area contributed by atoms with Crippen molar-refractivity contribution >= 4 is 17.2 Å². The maximum atomic E-state index is 4.87. The van der Waals surface area contributed by atoms with Gasteiger partial charge in [-0.2, -0.15) is 0 Å². The van der Waals surface area contributed by atoms with Crippen molar-refractivity contribution in [3.63, 3.8) is 0 Å². The van der Waals surface area contributed by atoms with Gasteiger partial charge < -0.3 is 10.2 Å². The maximum Gasteiger partial charge on any atom is 0.139 e. The van der Waals surface area contributed by atoms with Crippen LogP contribution in [0.25, 0.3) is 0 Å². The summed E-state index contributed by atoms with van der Waals surface area (Å²) in [5.74, 6) is 1.97. The second-order valence-electron chi connectivity index (χ2n) is 5.12.